The van der Waals surface area contributed by atoms with Crippen molar-refractivity contribution in [2.45, 2.75) is 0 Å². The average molecular weight is 419 g/mol. The number of hydrogen-bond acceptors (Lipinski definition) is 3. The van der Waals surface area contributed by atoms with Crippen LogP contribution in [0.2, 0.25) is 10.0 Å². The highest BCUT2D eigenvalue weighted by Crippen LogP contribution is 2.32. The number of carbonyl (C=O) groups excluding carboxylic acids is 1. The van der Waals surface area contributed by atoms with E-state index in [1.54, 1.807) is 12.1 Å². The summed E-state index contributed by atoms with van der Waals surface area (Å²) >= 11 is 17.3. The van der Waals surface area contributed by atoms with Crippen LogP contribution in [0.4, 0.5) is 5.69 Å². The van der Waals surface area contributed by atoms with E-state index < -0.39 is 11.9 Å². The highest BCUT2D eigenvalue weighted by atomic mass is 35.5. The van der Waals surface area contributed by atoms with E-state index in [-0.39, 0.29) is 26.4 Å². The summed E-state index contributed by atoms with van der Waals surface area (Å²) in [6.07, 6.45) is 0. The zero-order valence-electron chi connectivity index (χ0n) is 13.6. The molecule has 3 N–H and O–H groups in total. The molecule has 1 amide bonds. The van der Waals surface area contributed by atoms with Gasteiger partial charge in [-0.3, -0.25) is 10.1 Å². The Morgan fingerprint density at radius 1 is 0.963 bits per heavy atom. The number of fused-ring (bicyclic) bond motifs is 1. The molecule has 0 saturated carbocycles. The Hall–Kier alpha value is -2.67. The third-order valence-corrected chi connectivity index (χ3v) is 4.59. The van der Waals surface area contributed by atoms with Crippen molar-refractivity contribution in [1.82, 2.24) is 5.32 Å². The number of anilines is 1. The molecule has 0 aromatic heterocycles. The van der Waals surface area contributed by atoms with E-state index in [1.807, 2.05) is 30.3 Å². The lowest BCUT2D eigenvalue weighted by Crippen LogP contribution is -2.34. The van der Waals surface area contributed by atoms with Crippen LogP contribution in [0.3, 0.4) is 0 Å². The van der Waals surface area contributed by atoms with E-state index in [9.17, 15) is 9.59 Å². The summed E-state index contributed by atoms with van der Waals surface area (Å²) in [5.41, 5.74) is 0.628. The number of rotatable bonds is 3. The minimum Gasteiger partial charge on any atom is -0.478 e. The number of thiocarbonyl (C=S) groups is 1. The summed E-state index contributed by atoms with van der Waals surface area (Å²) in [6.45, 7) is 0. The molecule has 0 atom stereocenters. The predicted molar refractivity (Wildman–Crippen MR) is 111 cm³/mol. The Balaban J connectivity index is 1.80. The lowest BCUT2D eigenvalue weighted by Gasteiger charge is -2.14. The van der Waals surface area contributed by atoms with E-state index in [0.29, 0.717) is 5.56 Å². The zero-order chi connectivity index (χ0) is 19.6. The molecule has 0 bridgehead atoms. The van der Waals surface area contributed by atoms with Gasteiger partial charge in [0.05, 0.1) is 21.3 Å². The number of carbonyl (C=O) groups is 2. The number of nitrogens with one attached hydrogen (secondary N) is 2. The average Bonchev–Trinajstić information content (AvgIpc) is 2.63. The fraction of sp³-hybridized carbons (Fsp3) is 0. The molecule has 136 valence electrons. The second-order valence-corrected chi connectivity index (χ2v) is 6.78. The Morgan fingerprint density at radius 3 is 2.26 bits per heavy atom. The summed E-state index contributed by atoms with van der Waals surface area (Å²) in [5.74, 6) is -1.55. The van der Waals surface area contributed by atoms with Gasteiger partial charge in [0.25, 0.3) is 5.91 Å². The van der Waals surface area contributed by atoms with Gasteiger partial charge >= 0.3 is 5.97 Å². The largest absolute Gasteiger partial charge is 0.478 e. The van der Waals surface area contributed by atoms with Crippen LogP contribution in [-0.4, -0.2) is 22.1 Å². The summed E-state index contributed by atoms with van der Waals surface area (Å²) < 4.78 is 0. The van der Waals surface area contributed by atoms with Crippen LogP contribution in [0.1, 0.15) is 20.7 Å². The van der Waals surface area contributed by atoms with Crippen molar-refractivity contribution in [3.8, 4) is 0 Å². The summed E-state index contributed by atoms with van der Waals surface area (Å²) in [4.78, 5) is 23.6. The molecular weight excluding hydrogens is 407 g/mol. The van der Waals surface area contributed by atoms with Gasteiger partial charge in [0, 0.05) is 5.56 Å². The summed E-state index contributed by atoms with van der Waals surface area (Å²) in [7, 11) is 0. The van der Waals surface area contributed by atoms with Crippen molar-refractivity contribution in [3.63, 3.8) is 0 Å². The molecule has 3 aromatic rings. The van der Waals surface area contributed by atoms with Gasteiger partial charge in [0.2, 0.25) is 0 Å². The number of carboxylic acid groups (broad SMARTS) is 1. The SMILES string of the molecule is O=C(O)c1cc(Cl)c(NC(=S)NC(=O)c2cccc3ccccc23)c(Cl)c1. The van der Waals surface area contributed by atoms with Gasteiger partial charge in [-0.25, -0.2) is 4.79 Å². The zero-order valence-corrected chi connectivity index (χ0v) is 16.0. The second kappa shape index (κ2) is 7.92. The molecule has 27 heavy (non-hydrogen) atoms. The van der Waals surface area contributed by atoms with E-state index in [1.165, 1.54) is 12.1 Å². The number of amides is 1. The van der Waals surface area contributed by atoms with Crippen LogP contribution in [0.5, 0.6) is 0 Å². The molecule has 0 fully saturated rings. The molecule has 8 heteroatoms. The molecule has 0 aliphatic heterocycles. The minimum atomic E-state index is -1.16. The predicted octanol–water partition coefficient (Wildman–Crippen LogP) is 4.97. The molecule has 3 rings (SSSR count). The number of hydrogen-bond donors (Lipinski definition) is 3. The first-order valence-corrected chi connectivity index (χ1v) is 8.85. The van der Waals surface area contributed by atoms with Crippen LogP contribution < -0.4 is 10.6 Å². The van der Waals surface area contributed by atoms with Crippen molar-refractivity contribution in [3.05, 3.63) is 75.8 Å². The van der Waals surface area contributed by atoms with Crippen molar-refractivity contribution < 1.29 is 14.7 Å². The molecule has 0 radical (unpaired) electrons. The topological polar surface area (TPSA) is 78.4 Å². The smallest absolute Gasteiger partial charge is 0.335 e. The summed E-state index contributed by atoms with van der Waals surface area (Å²) in [6, 6.07) is 15.4. The lowest BCUT2D eigenvalue weighted by atomic mass is 10.0. The molecule has 3 aromatic carbocycles. The quantitative estimate of drug-likeness (QED) is 0.523. The standard InChI is InChI=1S/C19H12Cl2N2O3S/c20-14-8-11(18(25)26)9-15(21)16(14)22-19(27)23-17(24)13-7-3-5-10-4-1-2-6-12(10)13/h1-9H,(H,25,26)(H2,22,23,24,27). The van der Waals surface area contributed by atoms with Crippen LogP contribution in [0, 0.1) is 0 Å². The fourth-order valence-corrected chi connectivity index (χ4v) is 3.33. The Labute approximate surface area is 169 Å². The van der Waals surface area contributed by atoms with Crippen LogP contribution in [0.15, 0.2) is 54.6 Å². The first-order chi connectivity index (χ1) is 12.9. The first kappa shape index (κ1) is 19.1. The fourth-order valence-electron chi connectivity index (χ4n) is 2.55. The van der Waals surface area contributed by atoms with Crippen molar-refractivity contribution in [2.24, 2.45) is 0 Å². The first-order valence-electron chi connectivity index (χ1n) is 7.69. The van der Waals surface area contributed by atoms with E-state index in [4.69, 9.17) is 40.5 Å². The number of benzene rings is 3. The number of carboxylic acids is 1. The molecule has 0 unspecified atom stereocenters. The van der Waals surface area contributed by atoms with Crippen LogP contribution >= 0.6 is 35.4 Å². The third-order valence-electron chi connectivity index (χ3n) is 3.79. The monoisotopic (exact) mass is 418 g/mol. The molecule has 0 spiro atoms. The van der Waals surface area contributed by atoms with Crippen molar-refractivity contribution >= 4 is 68.9 Å². The molecule has 0 aliphatic carbocycles. The van der Waals surface area contributed by atoms with Gasteiger partial charge in [-0.1, -0.05) is 59.6 Å². The summed E-state index contributed by atoms with van der Waals surface area (Å²) in [5, 5.41) is 16.2. The van der Waals surface area contributed by atoms with Crippen molar-refractivity contribution in [2.75, 3.05) is 5.32 Å². The lowest BCUT2D eigenvalue weighted by molar-refractivity contribution is 0.0696. The minimum absolute atomic E-state index is 0.0141. The third kappa shape index (κ3) is 4.19. The van der Waals surface area contributed by atoms with Gasteiger partial charge in [0.1, 0.15) is 0 Å². The Morgan fingerprint density at radius 2 is 1.59 bits per heavy atom. The highest BCUT2D eigenvalue weighted by Gasteiger charge is 2.15. The molecule has 0 aliphatic rings. The molecule has 0 saturated heterocycles. The number of halogens is 2. The van der Waals surface area contributed by atoms with E-state index in [0.717, 1.165) is 10.8 Å². The van der Waals surface area contributed by atoms with E-state index >= 15 is 0 Å². The second-order valence-electron chi connectivity index (χ2n) is 5.56. The highest BCUT2D eigenvalue weighted by molar-refractivity contribution is 7.80. The van der Waals surface area contributed by atoms with Crippen LogP contribution in [-0.2, 0) is 0 Å². The van der Waals surface area contributed by atoms with Gasteiger partial charge in [-0.15, -0.1) is 0 Å². The molecular formula is C19H12Cl2N2O3S. The van der Waals surface area contributed by atoms with Gasteiger partial charge in [0.15, 0.2) is 5.11 Å². The van der Waals surface area contributed by atoms with Gasteiger partial charge in [-0.2, -0.15) is 0 Å². The maximum absolute atomic E-state index is 12.6. The maximum atomic E-state index is 12.6. The van der Waals surface area contributed by atoms with Gasteiger partial charge in [-0.05, 0) is 41.2 Å². The van der Waals surface area contributed by atoms with Crippen LogP contribution in [0.25, 0.3) is 10.8 Å². The van der Waals surface area contributed by atoms with Crippen molar-refractivity contribution in [1.29, 1.82) is 0 Å². The normalized spacial score (nSPS) is 10.4. The Kier molecular flexibility index (Phi) is 5.60. The molecule has 0 heterocycles. The van der Waals surface area contributed by atoms with E-state index in [2.05, 4.69) is 10.6 Å². The molecule has 5 nitrogen and oxygen atoms in total. The maximum Gasteiger partial charge on any atom is 0.335 e. The number of aromatic carboxylic acids is 1. The Bertz CT molecular complexity index is 1060. The van der Waals surface area contributed by atoms with Gasteiger partial charge < -0.3 is 10.4 Å².